The number of carbonyl (C=O) groups excluding carboxylic acids is 1. The molecule has 128 valence electrons. The summed E-state index contributed by atoms with van der Waals surface area (Å²) in [6, 6.07) is 4.71. The van der Waals surface area contributed by atoms with E-state index in [4.69, 9.17) is 9.47 Å². The van der Waals surface area contributed by atoms with Crippen molar-refractivity contribution < 1.29 is 27.4 Å². The van der Waals surface area contributed by atoms with Crippen LogP contribution in [0, 0.1) is 0 Å². The van der Waals surface area contributed by atoms with Crippen LogP contribution in [0.3, 0.4) is 0 Å². The number of carbonyl (C=O) groups is 1. The van der Waals surface area contributed by atoms with E-state index < -0.39 is 11.7 Å². The summed E-state index contributed by atoms with van der Waals surface area (Å²) in [5, 5.41) is 0. The fourth-order valence-corrected chi connectivity index (χ4v) is 2.47. The molecule has 1 unspecified atom stereocenters. The molecule has 1 fully saturated rings. The number of amides is 1. The number of rotatable bonds is 5. The Kier molecular flexibility index (Phi) is 6.01. The van der Waals surface area contributed by atoms with Gasteiger partial charge in [-0.1, -0.05) is 12.1 Å². The van der Waals surface area contributed by atoms with Gasteiger partial charge >= 0.3 is 6.18 Å². The van der Waals surface area contributed by atoms with E-state index in [1.807, 2.05) is 0 Å². The van der Waals surface area contributed by atoms with Crippen molar-refractivity contribution in [1.29, 1.82) is 0 Å². The lowest BCUT2D eigenvalue weighted by molar-refractivity contribution is -0.138. The third-order valence-electron chi connectivity index (χ3n) is 3.77. The monoisotopic (exact) mass is 331 g/mol. The highest BCUT2D eigenvalue weighted by atomic mass is 19.4. The van der Waals surface area contributed by atoms with E-state index in [2.05, 4.69) is 0 Å². The van der Waals surface area contributed by atoms with Crippen molar-refractivity contribution in [1.82, 2.24) is 4.90 Å². The van der Waals surface area contributed by atoms with E-state index in [-0.39, 0.29) is 18.4 Å². The number of nitrogens with zero attached hydrogens (tertiary/aromatic N) is 1. The van der Waals surface area contributed by atoms with E-state index in [9.17, 15) is 18.0 Å². The Morgan fingerprint density at radius 1 is 1.35 bits per heavy atom. The third kappa shape index (κ3) is 5.21. The maximum absolute atomic E-state index is 12.5. The largest absolute Gasteiger partial charge is 0.416 e. The van der Waals surface area contributed by atoms with Gasteiger partial charge in [-0.15, -0.1) is 0 Å². The van der Waals surface area contributed by atoms with Crippen molar-refractivity contribution >= 4 is 5.91 Å². The molecule has 1 amide bonds. The quantitative estimate of drug-likeness (QED) is 0.832. The van der Waals surface area contributed by atoms with Gasteiger partial charge in [0.15, 0.2) is 0 Å². The van der Waals surface area contributed by atoms with Crippen molar-refractivity contribution in [3.05, 3.63) is 35.4 Å². The van der Waals surface area contributed by atoms with Gasteiger partial charge in [0.05, 0.1) is 24.7 Å². The SMILES string of the molecule is COCCC1CN(C(=O)Cc2ccc(C(F)(F)F)cc2)CCO1. The van der Waals surface area contributed by atoms with Crippen LogP contribution in [0.15, 0.2) is 24.3 Å². The van der Waals surface area contributed by atoms with Crippen LogP contribution in [-0.2, 0) is 26.9 Å². The predicted molar refractivity (Wildman–Crippen MR) is 78.0 cm³/mol. The van der Waals surface area contributed by atoms with Crippen LogP contribution in [0.1, 0.15) is 17.5 Å². The lowest BCUT2D eigenvalue weighted by Crippen LogP contribution is -2.46. The van der Waals surface area contributed by atoms with Crippen LogP contribution in [0.5, 0.6) is 0 Å². The van der Waals surface area contributed by atoms with E-state index in [1.54, 1.807) is 12.0 Å². The Morgan fingerprint density at radius 3 is 2.65 bits per heavy atom. The molecule has 0 saturated carbocycles. The van der Waals surface area contributed by atoms with Crippen molar-refractivity contribution in [3.8, 4) is 0 Å². The van der Waals surface area contributed by atoms with Crippen LogP contribution >= 0.6 is 0 Å². The van der Waals surface area contributed by atoms with Gasteiger partial charge in [-0.05, 0) is 24.1 Å². The molecule has 2 rings (SSSR count). The summed E-state index contributed by atoms with van der Waals surface area (Å²) < 4.78 is 48.1. The minimum atomic E-state index is -4.36. The summed E-state index contributed by atoms with van der Waals surface area (Å²) in [7, 11) is 1.61. The van der Waals surface area contributed by atoms with Gasteiger partial charge in [0, 0.05) is 26.8 Å². The maximum Gasteiger partial charge on any atom is 0.416 e. The zero-order valence-electron chi connectivity index (χ0n) is 12.9. The Bertz CT molecular complexity index is 516. The van der Waals surface area contributed by atoms with Crippen molar-refractivity contribution in [2.45, 2.75) is 25.1 Å². The number of benzene rings is 1. The van der Waals surface area contributed by atoms with Crippen LogP contribution in [0.2, 0.25) is 0 Å². The lowest BCUT2D eigenvalue weighted by Gasteiger charge is -2.33. The first-order chi connectivity index (χ1) is 10.9. The summed E-state index contributed by atoms with van der Waals surface area (Å²) >= 11 is 0. The topological polar surface area (TPSA) is 38.8 Å². The molecule has 0 spiro atoms. The number of morpholine rings is 1. The first-order valence-corrected chi connectivity index (χ1v) is 7.44. The molecule has 1 aliphatic rings. The number of hydrogen-bond acceptors (Lipinski definition) is 3. The van der Waals surface area contributed by atoms with E-state index in [1.165, 1.54) is 12.1 Å². The first kappa shape index (κ1) is 17.7. The highest BCUT2D eigenvalue weighted by molar-refractivity contribution is 5.78. The van der Waals surface area contributed by atoms with Crippen LogP contribution in [-0.4, -0.2) is 50.3 Å². The van der Waals surface area contributed by atoms with E-state index in [0.29, 0.717) is 38.3 Å². The van der Waals surface area contributed by atoms with Gasteiger partial charge in [-0.2, -0.15) is 13.2 Å². The lowest BCUT2D eigenvalue weighted by atomic mass is 10.1. The number of ether oxygens (including phenoxy) is 2. The number of alkyl halides is 3. The molecule has 7 heteroatoms. The maximum atomic E-state index is 12.5. The van der Waals surface area contributed by atoms with Crippen LogP contribution in [0.25, 0.3) is 0 Å². The van der Waals surface area contributed by atoms with Gasteiger partial charge in [0.1, 0.15) is 0 Å². The molecular formula is C16H20F3NO3. The Balaban J connectivity index is 1.90. The minimum Gasteiger partial charge on any atom is -0.385 e. The molecule has 0 aromatic heterocycles. The molecule has 23 heavy (non-hydrogen) atoms. The fraction of sp³-hybridized carbons (Fsp3) is 0.562. The standard InChI is InChI=1S/C16H20F3NO3/c1-22-8-6-14-11-20(7-9-23-14)15(21)10-12-2-4-13(5-3-12)16(17,18)19/h2-5,14H,6-11H2,1H3. The van der Waals surface area contributed by atoms with Gasteiger partial charge in [-0.3, -0.25) is 4.79 Å². The van der Waals surface area contributed by atoms with E-state index in [0.717, 1.165) is 12.1 Å². The van der Waals surface area contributed by atoms with Gasteiger partial charge in [0.25, 0.3) is 0 Å². The summed E-state index contributed by atoms with van der Waals surface area (Å²) in [6.45, 7) is 2.02. The average molecular weight is 331 g/mol. The third-order valence-corrected chi connectivity index (χ3v) is 3.77. The molecule has 0 N–H and O–H groups in total. The molecule has 1 aromatic carbocycles. The molecule has 4 nitrogen and oxygen atoms in total. The van der Waals surface area contributed by atoms with Crippen LogP contribution in [0.4, 0.5) is 13.2 Å². The second-order valence-corrected chi connectivity index (χ2v) is 5.49. The summed E-state index contributed by atoms with van der Waals surface area (Å²) in [4.78, 5) is 14.0. The molecule has 0 radical (unpaired) electrons. The second-order valence-electron chi connectivity index (χ2n) is 5.49. The molecule has 1 saturated heterocycles. The minimum absolute atomic E-state index is 0.0553. The molecular weight excluding hydrogens is 311 g/mol. The molecule has 1 aliphatic heterocycles. The summed E-state index contributed by atoms with van der Waals surface area (Å²) in [6.07, 6.45) is -3.61. The smallest absolute Gasteiger partial charge is 0.385 e. The second kappa shape index (κ2) is 7.79. The van der Waals surface area contributed by atoms with E-state index >= 15 is 0 Å². The summed E-state index contributed by atoms with van der Waals surface area (Å²) in [5.74, 6) is -0.101. The predicted octanol–water partition coefficient (Wildman–Crippen LogP) is 2.51. The average Bonchev–Trinajstić information content (AvgIpc) is 2.53. The Labute approximate surface area is 133 Å². The first-order valence-electron chi connectivity index (χ1n) is 7.44. The van der Waals surface area contributed by atoms with Gasteiger partial charge in [-0.25, -0.2) is 0 Å². The molecule has 1 heterocycles. The molecule has 1 atom stereocenters. The van der Waals surface area contributed by atoms with Crippen molar-refractivity contribution in [2.24, 2.45) is 0 Å². The van der Waals surface area contributed by atoms with Crippen LogP contribution < -0.4 is 0 Å². The Hall–Kier alpha value is -1.60. The highest BCUT2D eigenvalue weighted by Gasteiger charge is 2.30. The molecule has 0 aliphatic carbocycles. The Morgan fingerprint density at radius 2 is 2.04 bits per heavy atom. The number of hydrogen-bond donors (Lipinski definition) is 0. The fourth-order valence-electron chi connectivity index (χ4n) is 2.47. The molecule has 1 aromatic rings. The van der Waals surface area contributed by atoms with Crippen molar-refractivity contribution in [3.63, 3.8) is 0 Å². The van der Waals surface area contributed by atoms with Gasteiger partial charge < -0.3 is 14.4 Å². The summed E-state index contributed by atoms with van der Waals surface area (Å²) in [5.41, 5.74) is -0.136. The molecule has 0 bridgehead atoms. The zero-order valence-corrected chi connectivity index (χ0v) is 12.9. The zero-order chi connectivity index (χ0) is 16.9. The number of halogens is 3. The normalized spacial score (nSPS) is 19.0. The van der Waals surface area contributed by atoms with Gasteiger partial charge in [0.2, 0.25) is 5.91 Å². The number of methoxy groups -OCH3 is 1. The van der Waals surface area contributed by atoms with Crippen molar-refractivity contribution in [2.75, 3.05) is 33.4 Å². The highest BCUT2D eigenvalue weighted by Crippen LogP contribution is 2.29.